The van der Waals surface area contributed by atoms with Crippen LogP contribution in [0.3, 0.4) is 0 Å². The minimum absolute atomic E-state index is 0.498. The zero-order valence-electron chi connectivity index (χ0n) is 9.71. The molecule has 18 heavy (non-hydrogen) atoms. The molecule has 2 rings (SSSR count). The number of hydrogen-bond acceptors (Lipinski definition) is 3. The minimum Gasteiger partial charge on any atom is -0.497 e. The number of anilines is 3. The second-order valence-electron chi connectivity index (χ2n) is 3.75. The van der Waals surface area contributed by atoms with E-state index in [1.165, 1.54) is 0 Å². The molecular formula is C13H12Cl2N2O. The highest BCUT2D eigenvalue weighted by Gasteiger charge is 2.02. The lowest BCUT2D eigenvalue weighted by atomic mass is 10.2. The Balaban J connectivity index is 2.27. The van der Waals surface area contributed by atoms with Gasteiger partial charge in [-0.15, -0.1) is 0 Å². The van der Waals surface area contributed by atoms with E-state index in [0.29, 0.717) is 21.5 Å². The van der Waals surface area contributed by atoms with E-state index in [-0.39, 0.29) is 0 Å². The Kier molecular flexibility index (Phi) is 3.84. The van der Waals surface area contributed by atoms with Crippen molar-refractivity contribution in [3.05, 3.63) is 46.4 Å². The van der Waals surface area contributed by atoms with Crippen molar-refractivity contribution < 1.29 is 4.74 Å². The fourth-order valence-electron chi connectivity index (χ4n) is 1.55. The SMILES string of the molecule is COc1cc(N)cc(Nc2ccc(Cl)c(Cl)c2)c1. The van der Waals surface area contributed by atoms with Crippen LogP contribution in [0.25, 0.3) is 0 Å². The van der Waals surface area contributed by atoms with E-state index in [0.717, 1.165) is 11.4 Å². The van der Waals surface area contributed by atoms with Gasteiger partial charge < -0.3 is 15.8 Å². The van der Waals surface area contributed by atoms with E-state index < -0.39 is 0 Å². The van der Waals surface area contributed by atoms with Gasteiger partial charge in [0.1, 0.15) is 5.75 Å². The van der Waals surface area contributed by atoms with Crippen LogP contribution in [0, 0.1) is 0 Å². The topological polar surface area (TPSA) is 47.3 Å². The van der Waals surface area contributed by atoms with Gasteiger partial charge in [0.05, 0.1) is 17.2 Å². The molecule has 0 aliphatic carbocycles. The number of ether oxygens (including phenoxy) is 1. The van der Waals surface area contributed by atoms with Crippen molar-refractivity contribution in [1.82, 2.24) is 0 Å². The molecule has 0 bridgehead atoms. The third-order valence-corrected chi connectivity index (χ3v) is 3.11. The van der Waals surface area contributed by atoms with E-state index >= 15 is 0 Å². The van der Waals surface area contributed by atoms with Crippen molar-refractivity contribution in [3.63, 3.8) is 0 Å². The van der Waals surface area contributed by atoms with Crippen LogP contribution in [0.1, 0.15) is 0 Å². The van der Waals surface area contributed by atoms with E-state index in [9.17, 15) is 0 Å². The Morgan fingerprint density at radius 2 is 1.78 bits per heavy atom. The molecule has 3 N–H and O–H groups in total. The number of rotatable bonds is 3. The second kappa shape index (κ2) is 5.38. The number of hydrogen-bond donors (Lipinski definition) is 2. The number of nitrogens with one attached hydrogen (secondary N) is 1. The van der Waals surface area contributed by atoms with Crippen LogP contribution < -0.4 is 15.8 Å². The second-order valence-corrected chi connectivity index (χ2v) is 4.56. The Morgan fingerprint density at radius 3 is 2.44 bits per heavy atom. The van der Waals surface area contributed by atoms with Gasteiger partial charge in [0, 0.05) is 29.2 Å². The predicted octanol–water partition coefficient (Wildman–Crippen LogP) is 4.33. The van der Waals surface area contributed by atoms with Crippen molar-refractivity contribution >= 4 is 40.3 Å². The summed E-state index contributed by atoms with van der Waals surface area (Å²) in [5.41, 5.74) is 8.05. The highest BCUT2D eigenvalue weighted by molar-refractivity contribution is 6.42. The van der Waals surface area contributed by atoms with E-state index in [1.54, 1.807) is 25.3 Å². The lowest BCUT2D eigenvalue weighted by Gasteiger charge is -2.10. The molecule has 0 radical (unpaired) electrons. The molecule has 3 nitrogen and oxygen atoms in total. The molecule has 0 aromatic heterocycles. The van der Waals surface area contributed by atoms with E-state index in [2.05, 4.69) is 5.32 Å². The number of benzene rings is 2. The third kappa shape index (κ3) is 3.00. The first-order valence-corrected chi connectivity index (χ1v) is 6.01. The fraction of sp³-hybridized carbons (Fsp3) is 0.0769. The van der Waals surface area contributed by atoms with Crippen molar-refractivity contribution in [1.29, 1.82) is 0 Å². The van der Waals surface area contributed by atoms with Crippen molar-refractivity contribution in [2.24, 2.45) is 0 Å². The number of nitrogens with two attached hydrogens (primary N) is 1. The molecule has 0 unspecified atom stereocenters. The molecule has 0 saturated heterocycles. The molecule has 94 valence electrons. The maximum absolute atomic E-state index is 5.95. The van der Waals surface area contributed by atoms with Crippen molar-refractivity contribution in [2.75, 3.05) is 18.2 Å². The summed E-state index contributed by atoms with van der Waals surface area (Å²) in [4.78, 5) is 0. The first kappa shape index (κ1) is 12.9. The monoisotopic (exact) mass is 282 g/mol. The van der Waals surface area contributed by atoms with Gasteiger partial charge in [0.2, 0.25) is 0 Å². The summed E-state index contributed by atoms with van der Waals surface area (Å²) in [5, 5.41) is 4.20. The summed E-state index contributed by atoms with van der Waals surface area (Å²) in [5.74, 6) is 0.692. The summed E-state index contributed by atoms with van der Waals surface area (Å²) in [6, 6.07) is 10.7. The fourth-order valence-corrected chi connectivity index (χ4v) is 1.85. The molecule has 0 heterocycles. The summed E-state index contributed by atoms with van der Waals surface area (Å²) < 4.78 is 5.15. The van der Waals surface area contributed by atoms with Gasteiger partial charge in [-0.3, -0.25) is 0 Å². The molecule has 0 saturated carbocycles. The highest BCUT2D eigenvalue weighted by Crippen LogP contribution is 2.29. The maximum Gasteiger partial charge on any atom is 0.122 e. The van der Waals surface area contributed by atoms with E-state index in [4.69, 9.17) is 33.7 Å². The van der Waals surface area contributed by atoms with Crippen LogP contribution in [0.5, 0.6) is 5.75 Å². The molecule has 0 spiro atoms. The first-order chi connectivity index (χ1) is 8.58. The summed E-state index contributed by atoms with van der Waals surface area (Å²) >= 11 is 11.8. The summed E-state index contributed by atoms with van der Waals surface area (Å²) in [7, 11) is 1.59. The van der Waals surface area contributed by atoms with Gasteiger partial charge >= 0.3 is 0 Å². The molecule has 2 aromatic rings. The van der Waals surface area contributed by atoms with Gasteiger partial charge in [0.25, 0.3) is 0 Å². The minimum atomic E-state index is 0.498. The Morgan fingerprint density at radius 1 is 1.00 bits per heavy atom. The van der Waals surface area contributed by atoms with Crippen LogP contribution >= 0.6 is 23.2 Å². The molecule has 0 aliphatic heterocycles. The molecule has 0 atom stereocenters. The van der Waals surface area contributed by atoms with Crippen LogP contribution in [-0.2, 0) is 0 Å². The maximum atomic E-state index is 5.95. The largest absolute Gasteiger partial charge is 0.497 e. The summed E-state index contributed by atoms with van der Waals surface area (Å²) in [6.07, 6.45) is 0. The van der Waals surface area contributed by atoms with Gasteiger partial charge in [-0.1, -0.05) is 23.2 Å². The first-order valence-electron chi connectivity index (χ1n) is 5.25. The Bertz CT molecular complexity index is 573. The third-order valence-electron chi connectivity index (χ3n) is 2.37. The molecule has 0 aliphatic rings. The Labute approximate surface area is 115 Å². The number of nitrogen functional groups attached to an aromatic ring is 1. The lowest BCUT2D eigenvalue weighted by molar-refractivity contribution is 0.415. The van der Waals surface area contributed by atoms with E-state index in [1.807, 2.05) is 18.2 Å². The average Bonchev–Trinajstić information content (AvgIpc) is 2.33. The lowest BCUT2D eigenvalue weighted by Crippen LogP contribution is -1.94. The molecule has 0 fully saturated rings. The van der Waals surface area contributed by atoms with Crippen LogP contribution in [0.4, 0.5) is 17.1 Å². The number of methoxy groups -OCH3 is 1. The molecule has 2 aromatic carbocycles. The smallest absolute Gasteiger partial charge is 0.122 e. The normalized spacial score (nSPS) is 10.2. The number of halogens is 2. The zero-order chi connectivity index (χ0) is 13.1. The Hall–Kier alpha value is -1.58. The van der Waals surface area contributed by atoms with Crippen LogP contribution in [-0.4, -0.2) is 7.11 Å². The molecule has 5 heteroatoms. The molecular weight excluding hydrogens is 271 g/mol. The quantitative estimate of drug-likeness (QED) is 0.824. The predicted molar refractivity (Wildman–Crippen MR) is 77.2 cm³/mol. The average molecular weight is 283 g/mol. The van der Waals surface area contributed by atoms with Crippen molar-refractivity contribution in [2.45, 2.75) is 0 Å². The standard InChI is InChI=1S/C13H12Cl2N2O/c1-18-11-5-8(16)4-10(6-11)17-9-2-3-12(14)13(15)7-9/h2-7,17H,16H2,1H3. The highest BCUT2D eigenvalue weighted by atomic mass is 35.5. The van der Waals surface area contributed by atoms with Gasteiger partial charge in [-0.25, -0.2) is 0 Å². The van der Waals surface area contributed by atoms with Gasteiger partial charge in [-0.2, -0.15) is 0 Å². The molecule has 0 amide bonds. The van der Waals surface area contributed by atoms with Gasteiger partial charge in [0.15, 0.2) is 0 Å². The van der Waals surface area contributed by atoms with Crippen molar-refractivity contribution in [3.8, 4) is 5.75 Å². The van der Waals surface area contributed by atoms with Gasteiger partial charge in [-0.05, 0) is 24.3 Å². The van der Waals surface area contributed by atoms with Crippen LogP contribution in [0.2, 0.25) is 10.0 Å². The van der Waals surface area contributed by atoms with Crippen LogP contribution in [0.15, 0.2) is 36.4 Å². The zero-order valence-corrected chi connectivity index (χ0v) is 11.2. The summed E-state index contributed by atoms with van der Waals surface area (Å²) in [6.45, 7) is 0.